The first kappa shape index (κ1) is 33.2. The Morgan fingerprint density at radius 1 is 0.690 bits per heavy atom. The number of carbonyl (C=O) groups is 3. The van der Waals surface area contributed by atoms with Gasteiger partial charge in [0.05, 0.1) is 12.0 Å². The van der Waals surface area contributed by atoms with Crippen LogP contribution in [0.2, 0.25) is 0 Å². The van der Waals surface area contributed by atoms with E-state index in [9.17, 15) is 24.6 Å². The molecule has 1 N–H and O–H groups in total. The van der Waals surface area contributed by atoms with Crippen LogP contribution in [0, 0.1) is 0 Å². The molecule has 0 aliphatic carbocycles. The number of aliphatic carboxylic acids is 2. The number of unbranched alkanes of at least 4 members (excludes halogenated alkanes) is 12. The molecule has 6 nitrogen and oxygen atoms in total. The number of amides is 1. The second-order valence-electron chi connectivity index (χ2n) is 7.34. The van der Waals surface area contributed by atoms with Crippen LogP contribution in [0.4, 0.5) is 0 Å². The minimum absolute atomic E-state index is 0. The zero-order valence-corrected chi connectivity index (χ0v) is 18.9. The van der Waals surface area contributed by atoms with Crippen LogP contribution in [0.3, 0.4) is 0 Å². The van der Waals surface area contributed by atoms with E-state index >= 15 is 0 Å². The average Bonchev–Trinajstić information content (AvgIpc) is 2.62. The average molecular weight is 397 g/mol. The van der Waals surface area contributed by atoms with Crippen molar-refractivity contribution in [2.75, 3.05) is 0 Å². The first-order chi connectivity index (χ1) is 13.0. The fourth-order valence-corrected chi connectivity index (χ4v) is 3.08. The molecule has 0 saturated carbocycles. The van der Waals surface area contributed by atoms with Gasteiger partial charge in [0.15, 0.2) is 0 Å². The monoisotopic (exact) mass is 397 g/mol. The van der Waals surface area contributed by atoms with Crippen molar-refractivity contribution in [1.82, 2.24) is 5.32 Å². The van der Waals surface area contributed by atoms with E-state index in [4.69, 9.17) is 0 Å². The van der Waals surface area contributed by atoms with Gasteiger partial charge >= 0.3 is 37.7 Å². The maximum atomic E-state index is 11.7. The van der Waals surface area contributed by atoms with Crippen molar-refractivity contribution in [3.63, 3.8) is 0 Å². The summed E-state index contributed by atoms with van der Waals surface area (Å²) in [6.45, 7) is 2.23. The van der Waals surface area contributed by atoms with E-state index in [0.29, 0.717) is 6.42 Å². The molecule has 0 fully saturated rings. The normalized spacial score (nSPS) is 11.1. The van der Waals surface area contributed by atoms with Crippen molar-refractivity contribution in [3.05, 3.63) is 0 Å². The van der Waals surface area contributed by atoms with Crippen LogP contribution < -0.4 is 53.3 Å². The van der Waals surface area contributed by atoms with Gasteiger partial charge in [-0.25, -0.2) is 0 Å². The second kappa shape index (κ2) is 23.9. The van der Waals surface area contributed by atoms with E-state index in [1.165, 1.54) is 64.2 Å². The van der Waals surface area contributed by atoms with Gasteiger partial charge in [-0.3, -0.25) is 4.79 Å². The Kier molecular flexibility index (Phi) is 27.4. The minimum Gasteiger partial charge on any atom is -0.550 e. The molecule has 0 unspecified atom stereocenters. The number of nitrogens with one attached hydrogen (secondary N) is 1. The molecule has 0 aromatic heterocycles. The third-order valence-corrected chi connectivity index (χ3v) is 4.76. The Morgan fingerprint density at radius 3 is 1.48 bits per heavy atom. The molecule has 29 heavy (non-hydrogen) atoms. The summed E-state index contributed by atoms with van der Waals surface area (Å²) in [5.74, 6) is -3.17. The number of carboxylic acids is 2. The fraction of sp³-hybridized carbons (Fsp3) is 0.857. The molecule has 0 heterocycles. The SMILES string of the molecule is CCCCCCCCCCCCCCCC(=O)N[C@@H](CCC(=O)[O-])C(=O)[O-].[Li+].[Li+]. The largest absolute Gasteiger partial charge is 1.00 e. The third kappa shape index (κ3) is 23.7. The molecule has 158 valence electrons. The summed E-state index contributed by atoms with van der Waals surface area (Å²) in [4.78, 5) is 33.0. The van der Waals surface area contributed by atoms with Crippen LogP contribution in [0.25, 0.3) is 0 Å². The van der Waals surface area contributed by atoms with E-state index in [2.05, 4.69) is 12.2 Å². The molecule has 0 spiro atoms. The van der Waals surface area contributed by atoms with Gasteiger partial charge < -0.3 is 25.1 Å². The molecule has 0 aliphatic rings. The van der Waals surface area contributed by atoms with E-state index in [-0.39, 0.29) is 56.5 Å². The van der Waals surface area contributed by atoms with Gasteiger partial charge in [0, 0.05) is 12.4 Å². The Bertz CT molecular complexity index is 422. The molecule has 0 bridgehead atoms. The topological polar surface area (TPSA) is 109 Å². The number of rotatable bonds is 19. The molecular formula is C21H37Li2NO5. The molecule has 0 aromatic rings. The summed E-state index contributed by atoms with van der Waals surface area (Å²) in [6, 6.07) is -1.27. The summed E-state index contributed by atoms with van der Waals surface area (Å²) in [5.41, 5.74) is 0. The van der Waals surface area contributed by atoms with Crippen LogP contribution in [-0.4, -0.2) is 23.9 Å². The van der Waals surface area contributed by atoms with Gasteiger partial charge in [0.2, 0.25) is 5.91 Å². The molecule has 0 aromatic carbocycles. The van der Waals surface area contributed by atoms with Gasteiger partial charge in [0.1, 0.15) is 0 Å². The zero-order valence-electron chi connectivity index (χ0n) is 18.9. The second-order valence-corrected chi connectivity index (χ2v) is 7.34. The van der Waals surface area contributed by atoms with E-state index in [1.807, 2.05) is 0 Å². The summed E-state index contributed by atoms with van der Waals surface area (Å²) in [5, 5.41) is 23.6. The third-order valence-electron chi connectivity index (χ3n) is 4.76. The predicted octanol–water partition coefficient (Wildman–Crippen LogP) is -3.76. The van der Waals surface area contributed by atoms with Crippen LogP contribution >= 0.6 is 0 Å². The van der Waals surface area contributed by atoms with Crippen molar-refractivity contribution in [2.45, 2.75) is 116 Å². The standard InChI is InChI=1S/C21H39NO5.2Li/c1-2-3-4-5-6-7-8-9-10-11-12-13-14-15-19(23)22-18(21(26)27)16-17-20(24)25;;/h18H,2-17H2,1H3,(H,22,23)(H,24,25)(H,26,27);;/q;2*+1/p-2/t18-;;/m0../s1. The van der Waals surface area contributed by atoms with Crippen LogP contribution in [-0.2, 0) is 14.4 Å². The number of carboxylic acid groups (broad SMARTS) is 2. The van der Waals surface area contributed by atoms with E-state index < -0.39 is 24.4 Å². The number of hydrogen-bond donors (Lipinski definition) is 1. The molecular weight excluding hydrogens is 360 g/mol. The minimum atomic E-state index is -1.46. The molecule has 8 heteroatoms. The molecule has 0 aliphatic heterocycles. The maximum absolute atomic E-state index is 11.7. The first-order valence-corrected chi connectivity index (χ1v) is 10.7. The smallest absolute Gasteiger partial charge is 0.550 e. The van der Waals surface area contributed by atoms with E-state index in [0.717, 1.165) is 12.8 Å². The van der Waals surface area contributed by atoms with Gasteiger partial charge in [-0.1, -0.05) is 84.0 Å². The Morgan fingerprint density at radius 2 is 1.10 bits per heavy atom. The molecule has 0 radical (unpaired) electrons. The molecule has 1 atom stereocenters. The van der Waals surface area contributed by atoms with Crippen molar-refractivity contribution < 1.29 is 62.3 Å². The predicted molar refractivity (Wildman–Crippen MR) is 101 cm³/mol. The summed E-state index contributed by atoms with van der Waals surface area (Å²) < 4.78 is 0. The van der Waals surface area contributed by atoms with Crippen molar-refractivity contribution in [1.29, 1.82) is 0 Å². The summed E-state index contributed by atoms with van der Waals surface area (Å²) in [6.07, 6.45) is 15.4. The number of hydrogen-bond acceptors (Lipinski definition) is 5. The van der Waals surface area contributed by atoms with Crippen molar-refractivity contribution in [3.8, 4) is 0 Å². The molecule has 0 rings (SSSR count). The summed E-state index contributed by atoms with van der Waals surface area (Å²) in [7, 11) is 0. The first-order valence-electron chi connectivity index (χ1n) is 10.7. The van der Waals surface area contributed by atoms with Crippen molar-refractivity contribution >= 4 is 17.8 Å². The van der Waals surface area contributed by atoms with Gasteiger partial charge in [-0.05, 0) is 19.3 Å². The quantitative estimate of drug-likeness (QED) is 0.178. The van der Waals surface area contributed by atoms with Gasteiger partial charge in [-0.2, -0.15) is 0 Å². The fourth-order valence-electron chi connectivity index (χ4n) is 3.08. The zero-order chi connectivity index (χ0) is 20.3. The number of carbonyl (C=O) groups excluding carboxylic acids is 3. The Balaban J connectivity index is -0.00000338. The molecule has 1 amide bonds. The molecule has 0 saturated heterocycles. The van der Waals surface area contributed by atoms with Crippen molar-refractivity contribution in [2.24, 2.45) is 0 Å². The van der Waals surface area contributed by atoms with Crippen LogP contribution in [0.15, 0.2) is 0 Å². The van der Waals surface area contributed by atoms with E-state index in [1.54, 1.807) is 0 Å². The Labute approximate surface area is 200 Å². The maximum Gasteiger partial charge on any atom is 1.00 e. The van der Waals surface area contributed by atoms with Gasteiger partial charge in [0.25, 0.3) is 0 Å². The van der Waals surface area contributed by atoms with Crippen LogP contribution in [0.5, 0.6) is 0 Å². The van der Waals surface area contributed by atoms with Crippen LogP contribution in [0.1, 0.15) is 110 Å². The van der Waals surface area contributed by atoms with Gasteiger partial charge in [-0.15, -0.1) is 0 Å². The summed E-state index contributed by atoms with van der Waals surface area (Å²) >= 11 is 0. The Hall–Kier alpha value is -0.395.